The molecular formula is C18H16F3N5O. The van der Waals surface area contributed by atoms with E-state index < -0.39 is 11.7 Å². The summed E-state index contributed by atoms with van der Waals surface area (Å²) in [6.45, 7) is 1.69. The number of nitrogens with one attached hydrogen (secondary N) is 1. The normalized spacial score (nSPS) is 17.0. The highest BCUT2D eigenvalue weighted by Gasteiger charge is 2.31. The van der Waals surface area contributed by atoms with Gasteiger partial charge in [0.15, 0.2) is 0 Å². The predicted molar refractivity (Wildman–Crippen MR) is 91.1 cm³/mol. The lowest BCUT2D eigenvalue weighted by atomic mass is 9.95. The first-order chi connectivity index (χ1) is 12.8. The number of hydrogen-bond donors (Lipinski definition) is 1. The van der Waals surface area contributed by atoms with Crippen molar-refractivity contribution < 1.29 is 13.2 Å². The lowest BCUT2D eigenvalue weighted by Gasteiger charge is -2.24. The third-order valence-electron chi connectivity index (χ3n) is 4.70. The van der Waals surface area contributed by atoms with Crippen LogP contribution in [-0.2, 0) is 12.6 Å². The third-order valence-corrected chi connectivity index (χ3v) is 4.70. The number of nitrogens with zero attached hydrogens (tertiary/aromatic N) is 4. The van der Waals surface area contributed by atoms with Crippen molar-refractivity contribution in [3.8, 4) is 11.4 Å². The van der Waals surface area contributed by atoms with Gasteiger partial charge in [0.1, 0.15) is 17.2 Å². The van der Waals surface area contributed by atoms with E-state index in [4.69, 9.17) is 0 Å². The molecule has 4 rings (SSSR count). The van der Waals surface area contributed by atoms with Crippen LogP contribution in [0.1, 0.15) is 41.5 Å². The summed E-state index contributed by atoms with van der Waals surface area (Å²) in [4.78, 5) is 18.6. The fourth-order valence-corrected chi connectivity index (χ4v) is 3.48. The zero-order valence-corrected chi connectivity index (χ0v) is 14.4. The van der Waals surface area contributed by atoms with Gasteiger partial charge in [-0.05, 0) is 43.9 Å². The molecule has 9 heteroatoms. The van der Waals surface area contributed by atoms with Gasteiger partial charge in [0.05, 0.1) is 17.3 Å². The number of hydrogen-bond acceptors (Lipinski definition) is 4. The van der Waals surface area contributed by atoms with Crippen molar-refractivity contribution in [2.75, 3.05) is 0 Å². The summed E-state index contributed by atoms with van der Waals surface area (Å²) < 4.78 is 40.1. The Balaban J connectivity index is 1.73. The summed E-state index contributed by atoms with van der Waals surface area (Å²) >= 11 is 0. The number of halogens is 3. The summed E-state index contributed by atoms with van der Waals surface area (Å²) in [6, 6.07) is 6.32. The molecule has 1 atom stereocenters. The van der Waals surface area contributed by atoms with Crippen LogP contribution in [0.2, 0.25) is 0 Å². The number of aromatic nitrogens is 5. The maximum Gasteiger partial charge on any atom is 0.416 e. The van der Waals surface area contributed by atoms with Crippen molar-refractivity contribution >= 4 is 0 Å². The van der Waals surface area contributed by atoms with Crippen molar-refractivity contribution in [3.05, 3.63) is 63.3 Å². The highest BCUT2D eigenvalue weighted by Crippen LogP contribution is 2.35. The molecule has 2 aromatic heterocycles. The maximum atomic E-state index is 12.8. The summed E-state index contributed by atoms with van der Waals surface area (Å²) in [7, 11) is 0. The molecule has 0 aliphatic carbocycles. The molecule has 1 aromatic carbocycles. The van der Waals surface area contributed by atoms with Crippen LogP contribution in [-0.4, -0.2) is 25.0 Å². The van der Waals surface area contributed by atoms with Crippen LogP contribution in [0.5, 0.6) is 0 Å². The first kappa shape index (κ1) is 17.4. The van der Waals surface area contributed by atoms with Gasteiger partial charge in [-0.15, -0.1) is 5.10 Å². The molecule has 1 N–H and O–H groups in total. The van der Waals surface area contributed by atoms with E-state index >= 15 is 0 Å². The summed E-state index contributed by atoms with van der Waals surface area (Å²) in [5.74, 6) is 0.481. The third kappa shape index (κ3) is 3.24. The van der Waals surface area contributed by atoms with Crippen LogP contribution in [0, 0.1) is 6.92 Å². The highest BCUT2D eigenvalue weighted by molar-refractivity contribution is 5.56. The lowest BCUT2D eigenvalue weighted by molar-refractivity contribution is -0.137. The second-order valence-electron chi connectivity index (χ2n) is 6.57. The van der Waals surface area contributed by atoms with Gasteiger partial charge in [-0.3, -0.25) is 4.79 Å². The lowest BCUT2D eigenvalue weighted by Crippen LogP contribution is -2.20. The molecule has 1 aliphatic heterocycles. The van der Waals surface area contributed by atoms with Gasteiger partial charge in [-0.2, -0.15) is 13.2 Å². The molecule has 0 fully saturated rings. The van der Waals surface area contributed by atoms with Crippen molar-refractivity contribution in [2.45, 2.75) is 38.4 Å². The van der Waals surface area contributed by atoms with Gasteiger partial charge in [0.2, 0.25) is 0 Å². The van der Waals surface area contributed by atoms with Gasteiger partial charge >= 0.3 is 6.18 Å². The van der Waals surface area contributed by atoms with Crippen LogP contribution >= 0.6 is 0 Å². The van der Waals surface area contributed by atoms with Crippen molar-refractivity contribution in [3.63, 3.8) is 0 Å². The maximum absolute atomic E-state index is 12.8. The molecule has 6 nitrogen and oxygen atoms in total. The molecule has 3 heterocycles. The number of benzene rings is 1. The monoisotopic (exact) mass is 375 g/mol. The van der Waals surface area contributed by atoms with E-state index in [0.717, 1.165) is 36.2 Å². The molecular weight excluding hydrogens is 359 g/mol. The number of H-pyrrole nitrogens is 1. The number of aryl methyl sites for hydroxylation is 1. The smallest absolute Gasteiger partial charge is 0.311 e. The molecule has 0 spiro atoms. The van der Waals surface area contributed by atoms with Crippen molar-refractivity contribution in [1.82, 2.24) is 25.0 Å². The van der Waals surface area contributed by atoms with Crippen LogP contribution in [0.4, 0.5) is 13.2 Å². The molecule has 0 saturated heterocycles. The number of rotatable bonds is 2. The standard InChI is InChI=1S/C18H16F3N5O/c1-10-22-13(9-16(27)23-10)17-15-4-2-3-14(26(15)25-24-17)11-5-7-12(8-6-11)18(19,20)21/h5-9,14H,2-4H2,1H3,(H,22,23,27)/t14-/m1/s1. The van der Waals surface area contributed by atoms with Crippen LogP contribution in [0.3, 0.4) is 0 Å². The topological polar surface area (TPSA) is 76.5 Å². The minimum absolute atomic E-state index is 0.194. The Morgan fingerprint density at radius 1 is 1.22 bits per heavy atom. The van der Waals surface area contributed by atoms with E-state index in [1.165, 1.54) is 18.2 Å². The first-order valence-corrected chi connectivity index (χ1v) is 8.52. The largest absolute Gasteiger partial charge is 0.416 e. The van der Waals surface area contributed by atoms with Gasteiger partial charge in [0.25, 0.3) is 5.56 Å². The molecule has 3 aromatic rings. The fourth-order valence-electron chi connectivity index (χ4n) is 3.48. The number of fused-ring (bicyclic) bond motifs is 1. The predicted octanol–water partition coefficient (Wildman–Crippen LogP) is 3.28. The molecule has 27 heavy (non-hydrogen) atoms. The van der Waals surface area contributed by atoms with E-state index in [-0.39, 0.29) is 11.6 Å². The van der Waals surface area contributed by atoms with Gasteiger partial charge in [-0.25, -0.2) is 9.67 Å². The number of alkyl halides is 3. The van der Waals surface area contributed by atoms with Crippen LogP contribution in [0.25, 0.3) is 11.4 Å². The van der Waals surface area contributed by atoms with E-state index in [9.17, 15) is 18.0 Å². The zero-order valence-electron chi connectivity index (χ0n) is 14.4. The van der Waals surface area contributed by atoms with Crippen molar-refractivity contribution in [1.29, 1.82) is 0 Å². The molecule has 0 amide bonds. The number of aromatic amines is 1. The Labute approximate surface area is 152 Å². The fraction of sp³-hybridized carbons (Fsp3) is 0.333. The van der Waals surface area contributed by atoms with E-state index in [1.807, 2.05) is 0 Å². The second kappa shape index (κ2) is 6.33. The zero-order chi connectivity index (χ0) is 19.2. The van der Waals surface area contributed by atoms with Gasteiger partial charge in [-0.1, -0.05) is 17.3 Å². The van der Waals surface area contributed by atoms with Crippen LogP contribution in [0.15, 0.2) is 35.1 Å². The van der Waals surface area contributed by atoms with Crippen molar-refractivity contribution in [2.24, 2.45) is 0 Å². The Kier molecular flexibility index (Phi) is 4.09. The SMILES string of the molecule is Cc1nc(-c2nnn3c2CCC[C@@H]3c2ccc(C(F)(F)F)cc2)cc(=O)[nH]1. The minimum Gasteiger partial charge on any atom is -0.311 e. The van der Waals surface area contributed by atoms with Crippen LogP contribution < -0.4 is 5.56 Å². The highest BCUT2D eigenvalue weighted by atomic mass is 19.4. The van der Waals surface area contributed by atoms with E-state index in [0.29, 0.717) is 23.6 Å². The molecule has 140 valence electrons. The summed E-state index contributed by atoms with van der Waals surface area (Å²) in [6.07, 6.45) is -2.05. The van der Waals surface area contributed by atoms with Gasteiger partial charge < -0.3 is 4.98 Å². The minimum atomic E-state index is -4.36. The quantitative estimate of drug-likeness (QED) is 0.746. The Morgan fingerprint density at radius 2 is 1.96 bits per heavy atom. The van der Waals surface area contributed by atoms with Gasteiger partial charge in [0, 0.05) is 6.07 Å². The Hall–Kier alpha value is -2.97. The molecule has 0 radical (unpaired) electrons. The molecule has 0 unspecified atom stereocenters. The molecule has 0 bridgehead atoms. The Bertz CT molecular complexity index is 1040. The average molecular weight is 375 g/mol. The summed E-state index contributed by atoms with van der Waals surface area (Å²) in [5, 5.41) is 8.41. The summed E-state index contributed by atoms with van der Waals surface area (Å²) in [5.41, 5.74) is 1.63. The molecule has 1 aliphatic rings. The second-order valence-corrected chi connectivity index (χ2v) is 6.57. The van der Waals surface area contributed by atoms with E-state index in [1.54, 1.807) is 11.6 Å². The van der Waals surface area contributed by atoms with E-state index in [2.05, 4.69) is 20.3 Å². The average Bonchev–Trinajstić information content (AvgIpc) is 3.04. The Morgan fingerprint density at radius 3 is 2.63 bits per heavy atom. The molecule has 0 saturated carbocycles. The first-order valence-electron chi connectivity index (χ1n) is 8.52.